The van der Waals surface area contributed by atoms with Crippen molar-refractivity contribution in [3.8, 4) is 12.3 Å². The Labute approximate surface area is 219 Å². The van der Waals surface area contributed by atoms with Crippen LogP contribution in [0.2, 0.25) is 0 Å². The van der Waals surface area contributed by atoms with Gasteiger partial charge >= 0.3 is 5.97 Å². The highest BCUT2D eigenvalue weighted by Gasteiger charge is 2.63. The quantitative estimate of drug-likeness (QED) is 0.341. The smallest absolute Gasteiger partial charge is 0.328 e. The number of hydrogen-bond donors (Lipinski definition) is 2. The average molecular weight is 513 g/mol. The number of likely N-dealkylation sites (tertiary alicyclic amines) is 1. The van der Waals surface area contributed by atoms with E-state index in [1.54, 1.807) is 0 Å². The van der Waals surface area contributed by atoms with Crippen LogP contribution in [0.15, 0.2) is 16.8 Å². The van der Waals surface area contributed by atoms with Crippen LogP contribution in [0.4, 0.5) is 0 Å². The predicted molar refractivity (Wildman–Crippen MR) is 137 cm³/mol. The molecule has 8 atom stereocenters. The van der Waals surface area contributed by atoms with E-state index in [-0.39, 0.29) is 36.3 Å². The van der Waals surface area contributed by atoms with Gasteiger partial charge in [0.1, 0.15) is 11.6 Å². The molecule has 0 spiro atoms. The first-order chi connectivity index (χ1) is 17.6. The summed E-state index contributed by atoms with van der Waals surface area (Å²) < 4.78 is 4.76. The first-order valence-corrected chi connectivity index (χ1v) is 13.7. The molecule has 4 aliphatic carbocycles. The Bertz CT molecular complexity index is 1060. The number of β-amino-alcohol motifs (C(OH)–C–C–N with tert-alkyl or cyclic N) is 1. The van der Waals surface area contributed by atoms with Crippen molar-refractivity contribution in [2.45, 2.75) is 89.4 Å². The Morgan fingerprint density at radius 3 is 2.68 bits per heavy atom. The minimum Gasteiger partial charge on any atom is -0.467 e. The zero-order valence-corrected chi connectivity index (χ0v) is 22.2. The van der Waals surface area contributed by atoms with Crippen molar-refractivity contribution in [3.63, 3.8) is 0 Å². The Kier molecular flexibility index (Phi) is 6.69. The second-order valence-electron chi connectivity index (χ2n) is 12.3. The number of carbonyl (C=O) groups excluding carboxylic acids is 2. The van der Waals surface area contributed by atoms with E-state index in [2.05, 4.69) is 31.0 Å². The molecular weight excluding hydrogens is 472 g/mol. The lowest BCUT2D eigenvalue weighted by molar-refractivity contribution is -0.152. The Morgan fingerprint density at radius 1 is 1.19 bits per heavy atom. The molecule has 37 heavy (non-hydrogen) atoms. The molecule has 0 aromatic rings. The normalized spacial score (nSPS) is 43.8. The monoisotopic (exact) mass is 512 g/mol. The van der Waals surface area contributed by atoms with E-state index in [0.717, 1.165) is 50.7 Å². The van der Waals surface area contributed by atoms with Crippen LogP contribution in [-0.4, -0.2) is 70.7 Å². The maximum absolute atomic E-state index is 12.7. The lowest BCUT2D eigenvalue weighted by atomic mass is 9.46. The number of ether oxygens (including phenoxy) is 1. The molecule has 1 saturated heterocycles. The Morgan fingerprint density at radius 2 is 1.95 bits per heavy atom. The Hall–Kier alpha value is -2.37. The molecule has 202 valence electrons. The lowest BCUT2D eigenvalue weighted by Crippen LogP contribution is -2.54. The van der Waals surface area contributed by atoms with Gasteiger partial charge in [0.2, 0.25) is 0 Å². The molecule has 5 rings (SSSR count). The van der Waals surface area contributed by atoms with Crippen LogP contribution in [0.3, 0.4) is 0 Å². The zero-order chi connectivity index (χ0) is 26.6. The van der Waals surface area contributed by atoms with E-state index in [0.29, 0.717) is 24.2 Å². The summed E-state index contributed by atoms with van der Waals surface area (Å²) in [7, 11) is 1.27. The summed E-state index contributed by atoms with van der Waals surface area (Å²) in [5.41, 5.74) is 1.18. The van der Waals surface area contributed by atoms with Gasteiger partial charge in [-0.05, 0) is 80.6 Å². The van der Waals surface area contributed by atoms with Crippen molar-refractivity contribution in [2.24, 2.45) is 33.7 Å². The van der Waals surface area contributed by atoms with Gasteiger partial charge in [0, 0.05) is 18.4 Å². The van der Waals surface area contributed by atoms with Crippen molar-refractivity contribution in [1.82, 2.24) is 4.90 Å². The van der Waals surface area contributed by atoms with Gasteiger partial charge in [-0.3, -0.25) is 4.79 Å². The van der Waals surface area contributed by atoms with Crippen LogP contribution in [0.25, 0.3) is 0 Å². The fraction of sp³-hybridized carbons (Fsp3) is 0.759. The topological polar surface area (TPSA) is 109 Å². The summed E-state index contributed by atoms with van der Waals surface area (Å²) in [4.78, 5) is 31.4. The minimum atomic E-state index is -0.981. The second-order valence-corrected chi connectivity index (χ2v) is 12.3. The van der Waals surface area contributed by atoms with Crippen LogP contribution in [0.5, 0.6) is 0 Å². The third-order valence-electron chi connectivity index (χ3n) is 10.8. The molecule has 1 amide bonds. The van der Waals surface area contributed by atoms with Gasteiger partial charge in [0.15, 0.2) is 6.61 Å². The fourth-order valence-corrected chi connectivity index (χ4v) is 8.60. The largest absolute Gasteiger partial charge is 0.467 e. The first kappa shape index (κ1) is 26.2. The van der Waals surface area contributed by atoms with Gasteiger partial charge in [-0.25, -0.2) is 4.79 Å². The number of esters is 1. The highest BCUT2D eigenvalue weighted by atomic mass is 16.6. The summed E-state index contributed by atoms with van der Waals surface area (Å²) in [5.74, 6) is 3.45. The van der Waals surface area contributed by atoms with Gasteiger partial charge in [0.25, 0.3) is 5.91 Å². The van der Waals surface area contributed by atoms with E-state index < -0.39 is 23.7 Å². The predicted octanol–water partition coefficient (Wildman–Crippen LogP) is 2.82. The number of oxime groups is 1. The van der Waals surface area contributed by atoms with E-state index in [1.807, 2.05) is 0 Å². The molecule has 2 N–H and O–H groups in total. The number of terminal acetylenes is 1. The number of amides is 1. The molecule has 0 radical (unpaired) electrons. The molecule has 8 heteroatoms. The highest BCUT2D eigenvalue weighted by molar-refractivity contribution is 5.96. The van der Waals surface area contributed by atoms with Gasteiger partial charge in [-0.15, -0.1) is 6.42 Å². The number of carbonyl (C=O) groups is 2. The third-order valence-corrected chi connectivity index (χ3v) is 10.8. The van der Waals surface area contributed by atoms with Crippen LogP contribution in [-0.2, 0) is 19.2 Å². The number of hydrogen-bond acceptors (Lipinski definition) is 7. The second kappa shape index (κ2) is 9.43. The molecule has 0 bridgehead atoms. The number of aliphatic hydroxyl groups excluding tert-OH is 1. The van der Waals surface area contributed by atoms with Crippen LogP contribution in [0.1, 0.15) is 71.6 Å². The summed E-state index contributed by atoms with van der Waals surface area (Å²) in [6.07, 6.45) is 15.0. The van der Waals surface area contributed by atoms with Crippen molar-refractivity contribution in [3.05, 3.63) is 11.6 Å². The molecule has 0 unspecified atom stereocenters. The number of nitrogens with zero attached hydrogens (tertiary/aromatic N) is 2. The molecule has 1 aliphatic heterocycles. The van der Waals surface area contributed by atoms with Crippen LogP contribution < -0.4 is 0 Å². The summed E-state index contributed by atoms with van der Waals surface area (Å²) >= 11 is 0. The summed E-state index contributed by atoms with van der Waals surface area (Å²) in [5, 5.41) is 25.4. The number of rotatable bonds is 4. The standard InChI is InChI=1S/C29H40N2O6/c1-5-29(35)13-10-23-21-7-6-18-14-19(8-11-27(18,2)22(21)9-12-28(23,29)3)30-37-17-25(33)31-16-20(32)15-24(31)26(34)36-4/h1,14,20-24,32,35H,6-13,15-17H2,2-4H3/b30-19+/t20-,21-,22+,23-,24-,27+,28+,29-/m1/s1. The average Bonchev–Trinajstić information content (AvgIpc) is 3.41. The molecule has 0 aromatic heterocycles. The molecule has 1 heterocycles. The summed E-state index contributed by atoms with van der Waals surface area (Å²) in [6, 6.07) is -0.787. The van der Waals surface area contributed by atoms with Crippen molar-refractivity contribution < 1.29 is 29.4 Å². The van der Waals surface area contributed by atoms with E-state index in [9.17, 15) is 19.8 Å². The maximum Gasteiger partial charge on any atom is 0.328 e. The van der Waals surface area contributed by atoms with Gasteiger partial charge in [-0.1, -0.05) is 30.5 Å². The Balaban J connectivity index is 1.24. The minimum absolute atomic E-state index is 0.0856. The molecule has 8 nitrogen and oxygen atoms in total. The van der Waals surface area contributed by atoms with E-state index >= 15 is 0 Å². The first-order valence-electron chi connectivity index (χ1n) is 13.7. The van der Waals surface area contributed by atoms with E-state index in [4.69, 9.17) is 16.0 Å². The van der Waals surface area contributed by atoms with Gasteiger partial charge < -0.3 is 24.7 Å². The van der Waals surface area contributed by atoms with Crippen LogP contribution in [0, 0.1) is 40.9 Å². The maximum atomic E-state index is 12.7. The number of allylic oxidation sites excluding steroid dienone is 2. The molecule has 3 saturated carbocycles. The molecular formula is C29H40N2O6. The molecule has 4 fully saturated rings. The fourth-order valence-electron chi connectivity index (χ4n) is 8.60. The van der Waals surface area contributed by atoms with Gasteiger partial charge in [-0.2, -0.15) is 0 Å². The molecule has 0 aromatic carbocycles. The van der Waals surface area contributed by atoms with Crippen molar-refractivity contribution in [2.75, 3.05) is 20.3 Å². The number of methoxy groups -OCH3 is 1. The van der Waals surface area contributed by atoms with E-state index in [1.165, 1.54) is 17.6 Å². The van der Waals surface area contributed by atoms with Crippen molar-refractivity contribution >= 4 is 17.6 Å². The SMILES string of the molecule is C#C[C@@]1(O)CC[C@@H]2[C@@H]3CCC4=C/C(=N/OCC(=O)N5C[C@H](O)C[C@@H]5C(=O)OC)CC[C@]4(C)[C@H]3CC[C@@]21C. The highest BCUT2D eigenvalue weighted by Crippen LogP contribution is 2.67. The van der Waals surface area contributed by atoms with Gasteiger partial charge in [0.05, 0.1) is 18.9 Å². The molecule has 5 aliphatic rings. The lowest BCUT2D eigenvalue weighted by Gasteiger charge is -2.58. The van der Waals surface area contributed by atoms with Crippen LogP contribution >= 0.6 is 0 Å². The van der Waals surface area contributed by atoms with Crippen molar-refractivity contribution in [1.29, 1.82) is 0 Å². The zero-order valence-electron chi connectivity index (χ0n) is 22.2. The number of aliphatic hydroxyl groups is 2. The summed E-state index contributed by atoms with van der Waals surface area (Å²) in [6.45, 7) is 4.41. The number of fused-ring (bicyclic) bond motifs is 5. The third kappa shape index (κ3) is 4.10.